The molecule has 0 spiro atoms. The second-order valence-corrected chi connectivity index (χ2v) is 12.2. The van der Waals surface area contributed by atoms with E-state index in [0.29, 0.717) is 23.1 Å². The Labute approximate surface area is 253 Å². The van der Waals surface area contributed by atoms with Crippen LogP contribution < -0.4 is 19.1 Å². The van der Waals surface area contributed by atoms with Crippen LogP contribution in [0.4, 0.5) is 5.69 Å². The average molecular weight is 616 g/mol. The van der Waals surface area contributed by atoms with E-state index in [-0.39, 0.29) is 24.6 Å². The Bertz CT molecular complexity index is 1430. The Kier molecular flexibility index (Phi) is 12.1. The van der Waals surface area contributed by atoms with E-state index in [1.54, 1.807) is 30.3 Å². The Hall–Kier alpha value is -3.76. The van der Waals surface area contributed by atoms with Gasteiger partial charge in [0.1, 0.15) is 12.6 Å². The molecule has 3 rings (SSSR count). The minimum atomic E-state index is -3.92. The number of nitrogens with zero attached hydrogens (tertiary/aromatic N) is 2. The van der Waals surface area contributed by atoms with Crippen LogP contribution in [0.2, 0.25) is 5.02 Å². The first kappa shape index (κ1) is 32.8. The number of halogens is 1. The predicted molar refractivity (Wildman–Crippen MR) is 166 cm³/mol. The maximum Gasteiger partial charge on any atom is 0.244 e. The van der Waals surface area contributed by atoms with Gasteiger partial charge in [0.25, 0.3) is 0 Å². The van der Waals surface area contributed by atoms with Gasteiger partial charge in [0, 0.05) is 30.6 Å². The summed E-state index contributed by atoms with van der Waals surface area (Å²) in [6.45, 7) is 2.02. The third-order valence-electron chi connectivity index (χ3n) is 6.70. The van der Waals surface area contributed by atoms with Crippen LogP contribution in [-0.4, -0.2) is 64.7 Å². The molecule has 0 aliphatic heterocycles. The number of benzene rings is 3. The molecule has 0 aromatic heterocycles. The van der Waals surface area contributed by atoms with Gasteiger partial charge >= 0.3 is 0 Å². The summed E-state index contributed by atoms with van der Waals surface area (Å²) in [7, 11) is -1.00. The maximum absolute atomic E-state index is 14.1. The molecule has 0 radical (unpaired) electrons. The first-order valence-electron chi connectivity index (χ1n) is 13.6. The molecule has 0 aliphatic rings. The number of anilines is 1. The number of nitrogens with one attached hydrogen (secondary N) is 1. The van der Waals surface area contributed by atoms with Crippen LogP contribution in [0.1, 0.15) is 30.9 Å². The third kappa shape index (κ3) is 9.12. The molecule has 42 heavy (non-hydrogen) atoms. The zero-order valence-corrected chi connectivity index (χ0v) is 26.0. The second kappa shape index (κ2) is 15.5. The SMILES string of the molecule is CCCCNC(=O)[C@H](Cc1ccccc1)N(Cc1ccc(Cl)cc1)C(=O)CN(c1ccc(OC)c(OC)c1)S(C)(=O)=O. The van der Waals surface area contributed by atoms with Crippen molar-refractivity contribution in [2.75, 3.05) is 37.9 Å². The first-order valence-corrected chi connectivity index (χ1v) is 15.8. The number of hydrogen-bond acceptors (Lipinski definition) is 6. The molecule has 9 nitrogen and oxygen atoms in total. The van der Waals surface area contributed by atoms with E-state index >= 15 is 0 Å². The molecule has 2 amide bonds. The van der Waals surface area contributed by atoms with Crippen molar-refractivity contribution < 1.29 is 27.5 Å². The van der Waals surface area contributed by atoms with E-state index < -0.39 is 28.5 Å². The monoisotopic (exact) mass is 615 g/mol. The summed E-state index contributed by atoms with van der Waals surface area (Å²) in [4.78, 5) is 29.2. The zero-order valence-electron chi connectivity index (χ0n) is 24.4. The molecule has 11 heteroatoms. The van der Waals surface area contributed by atoms with Gasteiger partial charge in [-0.05, 0) is 41.8 Å². The lowest BCUT2D eigenvalue weighted by atomic mass is 10.0. The fourth-order valence-corrected chi connectivity index (χ4v) is 5.41. The predicted octanol–water partition coefficient (Wildman–Crippen LogP) is 4.68. The van der Waals surface area contributed by atoms with Gasteiger partial charge in [-0.2, -0.15) is 0 Å². The van der Waals surface area contributed by atoms with Gasteiger partial charge in [0.2, 0.25) is 21.8 Å². The van der Waals surface area contributed by atoms with Crippen molar-refractivity contribution in [1.82, 2.24) is 10.2 Å². The molecular formula is C31H38ClN3O6S. The van der Waals surface area contributed by atoms with Crippen molar-refractivity contribution in [3.63, 3.8) is 0 Å². The third-order valence-corrected chi connectivity index (χ3v) is 8.09. The molecule has 1 N–H and O–H groups in total. The summed E-state index contributed by atoms with van der Waals surface area (Å²) in [5, 5.41) is 3.49. The molecule has 0 fully saturated rings. The summed E-state index contributed by atoms with van der Waals surface area (Å²) in [6.07, 6.45) is 2.95. The van der Waals surface area contributed by atoms with E-state index in [4.69, 9.17) is 21.1 Å². The normalized spacial score (nSPS) is 11.8. The average Bonchev–Trinajstić information content (AvgIpc) is 2.98. The Morgan fingerprint density at radius 2 is 1.60 bits per heavy atom. The van der Waals surface area contributed by atoms with Crippen molar-refractivity contribution in [2.24, 2.45) is 0 Å². The van der Waals surface area contributed by atoms with Gasteiger partial charge in [-0.3, -0.25) is 13.9 Å². The molecule has 0 unspecified atom stereocenters. The summed E-state index contributed by atoms with van der Waals surface area (Å²) in [5.74, 6) is -0.133. The number of sulfonamides is 1. The van der Waals surface area contributed by atoms with Crippen molar-refractivity contribution in [1.29, 1.82) is 0 Å². The molecule has 0 bridgehead atoms. The van der Waals surface area contributed by atoms with Crippen LogP contribution >= 0.6 is 11.6 Å². The first-order chi connectivity index (χ1) is 20.1. The van der Waals surface area contributed by atoms with Crippen LogP contribution in [0.5, 0.6) is 11.5 Å². The van der Waals surface area contributed by atoms with E-state index in [1.165, 1.54) is 31.3 Å². The molecule has 0 saturated carbocycles. The Balaban J connectivity index is 2.05. The number of hydrogen-bond donors (Lipinski definition) is 1. The lowest BCUT2D eigenvalue weighted by Crippen LogP contribution is -2.53. The lowest BCUT2D eigenvalue weighted by molar-refractivity contribution is -0.140. The standard InChI is InChI=1S/C31H38ClN3O6S/c1-5-6-18-33-31(37)27(19-23-10-8-7-9-11-23)34(21-24-12-14-25(32)15-13-24)30(36)22-35(42(4,38)39)26-16-17-28(40-2)29(20-26)41-3/h7-17,20,27H,5-6,18-19,21-22H2,1-4H3,(H,33,37)/t27-/m0/s1. The maximum atomic E-state index is 14.1. The highest BCUT2D eigenvalue weighted by Crippen LogP contribution is 2.32. The molecule has 1 atom stereocenters. The molecule has 3 aromatic rings. The molecule has 226 valence electrons. The molecular weight excluding hydrogens is 578 g/mol. The molecule has 0 aliphatic carbocycles. The molecule has 0 saturated heterocycles. The van der Waals surface area contributed by atoms with E-state index in [2.05, 4.69) is 5.32 Å². The number of methoxy groups -OCH3 is 2. The highest BCUT2D eigenvalue weighted by atomic mass is 35.5. The summed E-state index contributed by atoms with van der Waals surface area (Å²) in [5.41, 5.74) is 1.83. The number of carbonyl (C=O) groups is 2. The largest absolute Gasteiger partial charge is 0.493 e. The second-order valence-electron chi connectivity index (χ2n) is 9.81. The van der Waals surface area contributed by atoms with E-state index in [9.17, 15) is 18.0 Å². The number of rotatable bonds is 15. The minimum absolute atomic E-state index is 0.0677. The van der Waals surface area contributed by atoms with Crippen LogP contribution in [0, 0.1) is 0 Å². The number of unbranched alkanes of at least 4 members (excludes halogenated alkanes) is 1. The highest BCUT2D eigenvalue weighted by molar-refractivity contribution is 7.92. The highest BCUT2D eigenvalue weighted by Gasteiger charge is 2.33. The van der Waals surface area contributed by atoms with Gasteiger partial charge < -0.3 is 19.7 Å². The van der Waals surface area contributed by atoms with Crippen LogP contribution in [-0.2, 0) is 32.6 Å². The number of ether oxygens (including phenoxy) is 2. The Morgan fingerprint density at radius 1 is 0.929 bits per heavy atom. The smallest absolute Gasteiger partial charge is 0.244 e. The lowest BCUT2D eigenvalue weighted by Gasteiger charge is -2.33. The summed E-state index contributed by atoms with van der Waals surface area (Å²) in [6, 6.07) is 20.1. The molecule has 3 aromatic carbocycles. The Morgan fingerprint density at radius 3 is 2.19 bits per heavy atom. The molecule has 0 heterocycles. The number of amides is 2. The summed E-state index contributed by atoms with van der Waals surface area (Å²) >= 11 is 6.10. The minimum Gasteiger partial charge on any atom is -0.493 e. The van der Waals surface area contributed by atoms with E-state index in [1.807, 2.05) is 37.3 Å². The topological polar surface area (TPSA) is 105 Å². The van der Waals surface area contributed by atoms with E-state index in [0.717, 1.165) is 34.5 Å². The number of carbonyl (C=O) groups excluding carboxylic acids is 2. The van der Waals surface area contributed by atoms with Gasteiger partial charge in [0.15, 0.2) is 11.5 Å². The fraction of sp³-hybridized carbons (Fsp3) is 0.355. The van der Waals surface area contributed by atoms with Crippen molar-refractivity contribution in [3.05, 3.63) is 88.9 Å². The van der Waals surface area contributed by atoms with Crippen molar-refractivity contribution in [2.45, 2.75) is 38.8 Å². The summed E-state index contributed by atoms with van der Waals surface area (Å²) < 4.78 is 37.6. The van der Waals surface area contributed by atoms with Crippen LogP contribution in [0.3, 0.4) is 0 Å². The van der Waals surface area contributed by atoms with Gasteiger partial charge in [0.05, 0.1) is 26.2 Å². The zero-order chi connectivity index (χ0) is 30.7. The van der Waals surface area contributed by atoms with Gasteiger partial charge in [-0.25, -0.2) is 8.42 Å². The van der Waals surface area contributed by atoms with Crippen molar-refractivity contribution >= 4 is 39.1 Å². The van der Waals surface area contributed by atoms with Crippen molar-refractivity contribution in [3.8, 4) is 11.5 Å². The van der Waals surface area contributed by atoms with Crippen LogP contribution in [0.15, 0.2) is 72.8 Å². The van der Waals surface area contributed by atoms with Gasteiger partial charge in [-0.15, -0.1) is 0 Å². The van der Waals surface area contributed by atoms with Gasteiger partial charge in [-0.1, -0.05) is 67.4 Å². The quantitative estimate of drug-likeness (QED) is 0.249. The van der Waals surface area contributed by atoms with Crippen LogP contribution in [0.25, 0.3) is 0 Å². The fourth-order valence-electron chi connectivity index (χ4n) is 4.44.